The van der Waals surface area contributed by atoms with Crippen molar-refractivity contribution in [2.45, 2.75) is 102 Å². The van der Waals surface area contributed by atoms with Gasteiger partial charge in [0.15, 0.2) is 0 Å². The molecule has 0 amide bonds. The number of halogens is 1. The minimum Gasteiger partial charge on any atom is -0.356 e. The molecule has 0 N–H and O–H groups in total. The molecular weight excluding hydrogens is 336 g/mol. The minimum atomic E-state index is 0. The highest BCUT2D eigenvalue weighted by atomic mass is 79.9. The number of nitrogens with zero attached hydrogens (tertiary/aromatic N) is 2. The summed E-state index contributed by atoms with van der Waals surface area (Å²) in [6, 6.07) is 1.64. The summed E-state index contributed by atoms with van der Waals surface area (Å²) in [5.41, 5.74) is 0. The second kappa shape index (κ2) is 9.85. The first kappa shape index (κ1) is 18.2. The molecule has 0 radical (unpaired) electrons. The fourth-order valence-electron chi connectivity index (χ4n) is 4.46. The molecule has 3 rings (SSSR count). The summed E-state index contributed by atoms with van der Waals surface area (Å²) >= 11 is 0. The zero-order chi connectivity index (χ0) is 14.3. The summed E-state index contributed by atoms with van der Waals surface area (Å²) in [5, 5.41) is 0. The van der Waals surface area contributed by atoms with Crippen molar-refractivity contribution in [3.63, 3.8) is 0 Å². The molecular formula is C19H35BrN2. The standard InChI is InChI=1S/C19H34N2.BrH/c1-3-7-11-18(12-8-4-1)20-15-16-21(17-20)19-13-9-5-2-6-10-14-19;/h15-16,18-19H,1-14,17H2;1H. The first-order chi connectivity index (χ1) is 10.4. The zero-order valence-corrected chi connectivity index (χ0v) is 15.9. The van der Waals surface area contributed by atoms with Crippen LogP contribution in [0.2, 0.25) is 0 Å². The largest absolute Gasteiger partial charge is 0.356 e. The van der Waals surface area contributed by atoms with Crippen LogP contribution >= 0.6 is 17.0 Å². The van der Waals surface area contributed by atoms with Gasteiger partial charge in [0.1, 0.15) is 0 Å². The molecule has 0 saturated heterocycles. The number of rotatable bonds is 2. The van der Waals surface area contributed by atoms with Crippen LogP contribution in [0.3, 0.4) is 0 Å². The van der Waals surface area contributed by atoms with Crippen molar-refractivity contribution >= 4 is 17.0 Å². The van der Waals surface area contributed by atoms with Gasteiger partial charge in [0.25, 0.3) is 0 Å². The Hall–Kier alpha value is -0.180. The van der Waals surface area contributed by atoms with E-state index in [1.165, 1.54) is 96.6 Å². The van der Waals surface area contributed by atoms with E-state index >= 15 is 0 Å². The summed E-state index contributed by atoms with van der Waals surface area (Å²) in [6.45, 7) is 1.18. The molecule has 128 valence electrons. The fourth-order valence-corrected chi connectivity index (χ4v) is 4.46. The molecule has 2 nitrogen and oxygen atoms in total. The van der Waals surface area contributed by atoms with Crippen molar-refractivity contribution in [3.8, 4) is 0 Å². The van der Waals surface area contributed by atoms with Crippen LogP contribution in [-0.4, -0.2) is 28.6 Å². The molecule has 0 aromatic rings. The summed E-state index contributed by atoms with van der Waals surface area (Å²) in [6.07, 6.45) is 25.0. The Morgan fingerprint density at radius 2 is 0.818 bits per heavy atom. The van der Waals surface area contributed by atoms with Crippen molar-refractivity contribution in [3.05, 3.63) is 12.4 Å². The lowest BCUT2D eigenvalue weighted by atomic mass is 9.95. The molecule has 0 bridgehead atoms. The van der Waals surface area contributed by atoms with Crippen molar-refractivity contribution in [2.24, 2.45) is 0 Å². The molecule has 0 atom stereocenters. The van der Waals surface area contributed by atoms with Crippen molar-refractivity contribution in [1.82, 2.24) is 9.80 Å². The maximum absolute atomic E-state index is 2.66. The van der Waals surface area contributed by atoms with Gasteiger partial charge in [-0.25, -0.2) is 0 Å². The molecule has 2 aliphatic carbocycles. The highest BCUT2D eigenvalue weighted by Gasteiger charge is 2.25. The SMILES string of the molecule is Br.C1=CN(C2CCCCCCC2)CN1C1CCCCCCC1. The van der Waals surface area contributed by atoms with Crippen LogP contribution in [-0.2, 0) is 0 Å². The van der Waals surface area contributed by atoms with Gasteiger partial charge in [0, 0.05) is 24.5 Å². The van der Waals surface area contributed by atoms with Gasteiger partial charge < -0.3 is 9.80 Å². The van der Waals surface area contributed by atoms with Crippen molar-refractivity contribution < 1.29 is 0 Å². The molecule has 2 saturated carbocycles. The van der Waals surface area contributed by atoms with E-state index < -0.39 is 0 Å². The molecule has 3 heteroatoms. The molecule has 3 aliphatic rings. The van der Waals surface area contributed by atoms with Crippen LogP contribution in [0.15, 0.2) is 12.4 Å². The molecule has 1 aliphatic heterocycles. The third kappa shape index (κ3) is 5.18. The van der Waals surface area contributed by atoms with Gasteiger partial charge in [0.2, 0.25) is 0 Å². The Kier molecular flexibility index (Phi) is 8.13. The fraction of sp³-hybridized carbons (Fsp3) is 0.895. The van der Waals surface area contributed by atoms with Gasteiger partial charge in [-0.2, -0.15) is 0 Å². The maximum Gasteiger partial charge on any atom is 0.0899 e. The van der Waals surface area contributed by atoms with Gasteiger partial charge in [0.05, 0.1) is 6.67 Å². The van der Waals surface area contributed by atoms with E-state index in [-0.39, 0.29) is 17.0 Å². The molecule has 0 spiro atoms. The van der Waals surface area contributed by atoms with Crippen molar-refractivity contribution in [1.29, 1.82) is 0 Å². The Bertz CT molecular complexity index is 285. The smallest absolute Gasteiger partial charge is 0.0899 e. The van der Waals surface area contributed by atoms with E-state index in [0.717, 1.165) is 12.1 Å². The average Bonchev–Trinajstić information content (AvgIpc) is 2.87. The van der Waals surface area contributed by atoms with E-state index in [9.17, 15) is 0 Å². The van der Waals surface area contributed by atoms with E-state index in [1.54, 1.807) is 0 Å². The number of hydrogen-bond acceptors (Lipinski definition) is 2. The monoisotopic (exact) mass is 370 g/mol. The Morgan fingerprint density at radius 3 is 1.18 bits per heavy atom. The quantitative estimate of drug-likeness (QED) is 0.602. The average molecular weight is 371 g/mol. The third-order valence-corrected chi connectivity index (χ3v) is 5.86. The second-order valence-electron chi connectivity index (χ2n) is 7.47. The Labute approximate surface area is 148 Å². The highest BCUT2D eigenvalue weighted by Crippen LogP contribution is 2.28. The predicted molar refractivity (Wildman–Crippen MR) is 100 cm³/mol. The summed E-state index contributed by atoms with van der Waals surface area (Å²) < 4.78 is 0. The maximum atomic E-state index is 2.66. The Morgan fingerprint density at radius 1 is 0.500 bits per heavy atom. The predicted octanol–water partition coefficient (Wildman–Crippen LogP) is 5.84. The van der Waals surface area contributed by atoms with E-state index in [0.29, 0.717) is 0 Å². The van der Waals surface area contributed by atoms with Gasteiger partial charge in [-0.15, -0.1) is 17.0 Å². The Balaban J connectivity index is 0.00000176. The molecule has 2 fully saturated rings. The zero-order valence-electron chi connectivity index (χ0n) is 14.2. The van der Waals surface area contributed by atoms with Crippen molar-refractivity contribution in [2.75, 3.05) is 6.67 Å². The van der Waals surface area contributed by atoms with E-state index in [1.807, 2.05) is 0 Å². The van der Waals surface area contributed by atoms with Gasteiger partial charge in [-0.05, 0) is 25.7 Å². The number of hydrogen-bond donors (Lipinski definition) is 0. The van der Waals surface area contributed by atoms with Crippen LogP contribution in [0.5, 0.6) is 0 Å². The molecule has 22 heavy (non-hydrogen) atoms. The van der Waals surface area contributed by atoms with Gasteiger partial charge in [-0.1, -0.05) is 64.2 Å². The third-order valence-electron chi connectivity index (χ3n) is 5.86. The molecule has 0 unspecified atom stereocenters. The van der Waals surface area contributed by atoms with Crippen LogP contribution in [0.25, 0.3) is 0 Å². The molecule has 0 aromatic carbocycles. The minimum absolute atomic E-state index is 0. The lowest BCUT2D eigenvalue weighted by Crippen LogP contribution is -2.38. The van der Waals surface area contributed by atoms with Gasteiger partial charge >= 0.3 is 0 Å². The summed E-state index contributed by atoms with van der Waals surface area (Å²) in [7, 11) is 0. The molecule has 0 aromatic heterocycles. The van der Waals surface area contributed by atoms with Crippen LogP contribution in [0.4, 0.5) is 0 Å². The molecule has 1 heterocycles. The summed E-state index contributed by atoms with van der Waals surface area (Å²) in [4.78, 5) is 5.31. The summed E-state index contributed by atoms with van der Waals surface area (Å²) in [5.74, 6) is 0. The lowest BCUT2D eigenvalue weighted by molar-refractivity contribution is 0.144. The van der Waals surface area contributed by atoms with Crippen LogP contribution in [0.1, 0.15) is 89.9 Å². The van der Waals surface area contributed by atoms with Crippen LogP contribution in [0, 0.1) is 0 Å². The van der Waals surface area contributed by atoms with E-state index in [4.69, 9.17) is 0 Å². The van der Waals surface area contributed by atoms with E-state index in [2.05, 4.69) is 22.2 Å². The second-order valence-corrected chi connectivity index (χ2v) is 7.47. The van der Waals surface area contributed by atoms with Gasteiger partial charge in [-0.3, -0.25) is 0 Å². The lowest BCUT2D eigenvalue weighted by Gasteiger charge is -2.34. The first-order valence-electron chi connectivity index (χ1n) is 9.63. The highest BCUT2D eigenvalue weighted by molar-refractivity contribution is 8.93. The first-order valence-corrected chi connectivity index (χ1v) is 9.63. The van der Waals surface area contributed by atoms with Crippen LogP contribution < -0.4 is 0 Å². The normalized spacial score (nSPS) is 26.0. The topological polar surface area (TPSA) is 6.48 Å².